The molecule has 2 heterocycles. The monoisotopic (exact) mass is 398 g/mol. The zero-order valence-electron chi connectivity index (χ0n) is 18.2. The van der Waals surface area contributed by atoms with Crippen molar-refractivity contribution in [2.75, 3.05) is 20.2 Å². The molecule has 29 heavy (non-hydrogen) atoms. The summed E-state index contributed by atoms with van der Waals surface area (Å²) in [5.41, 5.74) is 2.47. The fraction of sp³-hybridized carbons (Fsp3) is 0.565. The average molecular weight is 399 g/mol. The van der Waals surface area contributed by atoms with Crippen LogP contribution in [0, 0.1) is 0 Å². The van der Waals surface area contributed by atoms with Gasteiger partial charge in [-0.05, 0) is 44.9 Å². The van der Waals surface area contributed by atoms with Gasteiger partial charge in [0.25, 0.3) is 0 Å². The van der Waals surface area contributed by atoms with Crippen molar-refractivity contribution in [2.45, 2.75) is 65.4 Å². The third-order valence-electron chi connectivity index (χ3n) is 5.80. The second-order valence-electron chi connectivity index (χ2n) is 7.89. The third-order valence-corrected chi connectivity index (χ3v) is 5.80. The van der Waals surface area contributed by atoms with Crippen LogP contribution in [0.4, 0.5) is 0 Å². The summed E-state index contributed by atoms with van der Waals surface area (Å²) in [5, 5.41) is 0. The maximum absolute atomic E-state index is 11.9. The van der Waals surface area contributed by atoms with E-state index in [1.54, 1.807) is 6.92 Å². The molecule has 0 unspecified atom stereocenters. The van der Waals surface area contributed by atoms with E-state index in [1.807, 2.05) is 24.2 Å². The number of hydrogen-bond acceptors (Lipinski definition) is 4. The second-order valence-corrected chi connectivity index (χ2v) is 7.89. The fourth-order valence-electron chi connectivity index (χ4n) is 4.26. The number of imidazole rings is 1. The molecule has 1 fully saturated rings. The Morgan fingerprint density at radius 1 is 1.24 bits per heavy atom. The molecule has 6 nitrogen and oxygen atoms in total. The first kappa shape index (κ1) is 21.5. The van der Waals surface area contributed by atoms with Crippen LogP contribution in [-0.4, -0.2) is 51.5 Å². The summed E-state index contributed by atoms with van der Waals surface area (Å²) >= 11 is 0. The molecular weight excluding hydrogens is 364 g/mol. The molecule has 6 heteroatoms. The number of aryl methyl sites for hydroxylation is 1. The topological polar surface area (TPSA) is 50.6 Å². The van der Waals surface area contributed by atoms with Gasteiger partial charge in [-0.15, -0.1) is 0 Å². The van der Waals surface area contributed by atoms with Crippen LogP contribution >= 0.6 is 0 Å². The summed E-state index contributed by atoms with van der Waals surface area (Å²) in [6.45, 7) is 9.95. The Labute approximate surface area is 174 Å². The molecule has 2 aromatic rings. The molecule has 1 amide bonds. The predicted molar refractivity (Wildman–Crippen MR) is 114 cm³/mol. The fourth-order valence-corrected chi connectivity index (χ4v) is 4.26. The zero-order valence-corrected chi connectivity index (χ0v) is 18.2. The number of aromatic nitrogens is 2. The largest absolute Gasteiger partial charge is 0.373 e. The SMILES string of the molecule is CCN(C(C)=O)[C@@H]1CCO[C@H](c2ccc(CN(C)Cc3nccn3CC)cc2)C1. The standard InChI is InChI=1S/C23H34N4O2/c1-5-26-13-12-24-23(26)17-25(4)16-19-7-9-20(10-8-19)22-15-21(11-14-29-22)27(6-2)18(3)28/h7-10,12-13,21-22H,5-6,11,14-17H2,1-4H3/t21-,22+/m1/s1. The van der Waals surface area contributed by atoms with Gasteiger partial charge in [0, 0.05) is 51.6 Å². The lowest BCUT2D eigenvalue weighted by atomic mass is 9.95. The molecule has 1 aliphatic heterocycles. The first-order valence-corrected chi connectivity index (χ1v) is 10.7. The second kappa shape index (κ2) is 10.0. The molecule has 0 spiro atoms. The highest BCUT2D eigenvalue weighted by Crippen LogP contribution is 2.31. The van der Waals surface area contributed by atoms with E-state index in [9.17, 15) is 4.79 Å². The summed E-state index contributed by atoms with van der Waals surface area (Å²) in [6.07, 6.45) is 5.74. The number of ether oxygens (including phenoxy) is 1. The summed E-state index contributed by atoms with van der Waals surface area (Å²) in [7, 11) is 2.12. The van der Waals surface area contributed by atoms with Gasteiger partial charge in [-0.25, -0.2) is 4.98 Å². The molecule has 0 N–H and O–H groups in total. The van der Waals surface area contributed by atoms with Crippen LogP contribution < -0.4 is 0 Å². The highest BCUT2D eigenvalue weighted by molar-refractivity contribution is 5.73. The molecule has 1 aromatic carbocycles. The maximum atomic E-state index is 11.9. The molecule has 0 aliphatic carbocycles. The van der Waals surface area contributed by atoms with Gasteiger partial charge in [0.1, 0.15) is 5.82 Å². The highest BCUT2D eigenvalue weighted by Gasteiger charge is 2.28. The first-order valence-electron chi connectivity index (χ1n) is 10.7. The van der Waals surface area contributed by atoms with Crippen LogP contribution in [0.25, 0.3) is 0 Å². The smallest absolute Gasteiger partial charge is 0.219 e. The van der Waals surface area contributed by atoms with E-state index in [2.05, 4.69) is 52.7 Å². The number of carbonyl (C=O) groups is 1. The van der Waals surface area contributed by atoms with Gasteiger partial charge in [-0.2, -0.15) is 0 Å². The minimum Gasteiger partial charge on any atom is -0.373 e. The molecule has 0 bridgehead atoms. The normalized spacial score (nSPS) is 19.5. The predicted octanol–water partition coefficient (Wildman–Crippen LogP) is 3.62. The quantitative estimate of drug-likeness (QED) is 0.681. The van der Waals surface area contributed by atoms with Gasteiger partial charge < -0.3 is 14.2 Å². The van der Waals surface area contributed by atoms with Gasteiger partial charge in [0.2, 0.25) is 5.91 Å². The van der Waals surface area contributed by atoms with Gasteiger partial charge >= 0.3 is 0 Å². The highest BCUT2D eigenvalue weighted by atomic mass is 16.5. The maximum Gasteiger partial charge on any atom is 0.219 e. The summed E-state index contributed by atoms with van der Waals surface area (Å²) < 4.78 is 8.20. The lowest BCUT2D eigenvalue weighted by Gasteiger charge is -2.36. The van der Waals surface area contributed by atoms with Crippen LogP contribution in [0.5, 0.6) is 0 Å². The van der Waals surface area contributed by atoms with E-state index < -0.39 is 0 Å². The van der Waals surface area contributed by atoms with Crippen molar-refractivity contribution in [1.29, 1.82) is 0 Å². The Bertz CT molecular complexity index is 786. The molecule has 2 atom stereocenters. The van der Waals surface area contributed by atoms with Crippen molar-refractivity contribution in [3.05, 3.63) is 53.6 Å². The van der Waals surface area contributed by atoms with E-state index in [0.717, 1.165) is 44.8 Å². The minimum atomic E-state index is 0.0611. The Kier molecular flexibility index (Phi) is 7.45. The summed E-state index contributed by atoms with van der Waals surface area (Å²) in [4.78, 5) is 20.6. The van der Waals surface area contributed by atoms with Crippen molar-refractivity contribution in [1.82, 2.24) is 19.4 Å². The van der Waals surface area contributed by atoms with E-state index in [0.29, 0.717) is 6.61 Å². The Morgan fingerprint density at radius 2 is 2.00 bits per heavy atom. The minimum absolute atomic E-state index is 0.0611. The van der Waals surface area contributed by atoms with Crippen LogP contribution in [0.2, 0.25) is 0 Å². The van der Waals surface area contributed by atoms with E-state index in [1.165, 1.54) is 11.1 Å². The number of carbonyl (C=O) groups excluding carboxylic acids is 1. The molecule has 1 aromatic heterocycles. The van der Waals surface area contributed by atoms with E-state index in [-0.39, 0.29) is 18.1 Å². The lowest BCUT2D eigenvalue weighted by Crippen LogP contribution is -2.42. The zero-order chi connectivity index (χ0) is 20.8. The molecule has 158 valence electrons. The van der Waals surface area contributed by atoms with Crippen molar-refractivity contribution < 1.29 is 9.53 Å². The Balaban J connectivity index is 1.58. The Morgan fingerprint density at radius 3 is 2.66 bits per heavy atom. The first-order chi connectivity index (χ1) is 14.0. The molecule has 3 rings (SSSR count). The average Bonchev–Trinajstić information content (AvgIpc) is 3.16. The summed E-state index contributed by atoms with van der Waals surface area (Å²) in [5.74, 6) is 1.25. The number of nitrogens with zero attached hydrogens (tertiary/aromatic N) is 4. The van der Waals surface area contributed by atoms with Gasteiger partial charge in [-0.1, -0.05) is 24.3 Å². The number of hydrogen-bond donors (Lipinski definition) is 0. The van der Waals surface area contributed by atoms with Crippen LogP contribution in [0.3, 0.4) is 0 Å². The molecule has 0 radical (unpaired) electrons. The molecule has 1 aliphatic rings. The van der Waals surface area contributed by atoms with Crippen molar-refractivity contribution in [3.63, 3.8) is 0 Å². The molecule has 0 saturated carbocycles. The van der Waals surface area contributed by atoms with E-state index in [4.69, 9.17) is 4.74 Å². The third kappa shape index (κ3) is 5.46. The van der Waals surface area contributed by atoms with Crippen molar-refractivity contribution in [2.24, 2.45) is 0 Å². The van der Waals surface area contributed by atoms with Gasteiger partial charge in [0.15, 0.2) is 0 Å². The van der Waals surface area contributed by atoms with Crippen molar-refractivity contribution in [3.8, 4) is 0 Å². The van der Waals surface area contributed by atoms with Gasteiger partial charge in [-0.3, -0.25) is 9.69 Å². The molecule has 1 saturated heterocycles. The van der Waals surface area contributed by atoms with E-state index >= 15 is 0 Å². The number of rotatable bonds is 8. The molecular formula is C23H34N4O2. The lowest BCUT2D eigenvalue weighted by molar-refractivity contribution is -0.134. The van der Waals surface area contributed by atoms with Gasteiger partial charge in [0.05, 0.1) is 12.6 Å². The van der Waals surface area contributed by atoms with Crippen molar-refractivity contribution >= 4 is 5.91 Å². The van der Waals surface area contributed by atoms with Crippen LogP contribution in [0.1, 0.15) is 56.7 Å². The number of benzene rings is 1. The van der Waals surface area contributed by atoms with Crippen LogP contribution in [-0.2, 0) is 29.2 Å². The van der Waals surface area contributed by atoms with Crippen LogP contribution in [0.15, 0.2) is 36.7 Å². The Hall–Kier alpha value is -2.18. The number of amides is 1. The summed E-state index contributed by atoms with van der Waals surface area (Å²) in [6, 6.07) is 8.99.